The van der Waals surface area contributed by atoms with Gasteiger partial charge in [-0.1, -0.05) is 19.3 Å². The molecule has 2 heteroatoms. The summed E-state index contributed by atoms with van der Waals surface area (Å²) in [5.74, 6) is 3.10. The van der Waals surface area contributed by atoms with Crippen LogP contribution in [-0.2, 0) is 0 Å². The Kier molecular flexibility index (Phi) is 5.08. The molecule has 1 rings (SSSR count). The smallest absolute Gasteiger partial charge is 0.00462 e. The summed E-state index contributed by atoms with van der Waals surface area (Å²) in [7, 11) is 0. The highest BCUT2D eigenvalue weighted by Gasteiger charge is 2.22. The first-order valence-corrected chi connectivity index (χ1v) is 6.47. The van der Waals surface area contributed by atoms with Crippen molar-refractivity contribution in [2.45, 2.75) is 32.1 Å². The van der Waals surface area contributed by atoms with Gasteiger partial charge in [0.25, 0.3) is 0 Å². The molecule has 0 amide bonds. The quantitative estimate of drug-likeness (QED) is 0.732. The molecule has 12 heavy (non-hydrogen) atoms. The van der Waals surface area contributed by atoms with E-state index in [4.69, 9.17) is 5.73 Å². The maximum absolute atomic E-state index is 5.76. The van der Waals surface area contributed by atoms with Gasteiger partial charge in [-0.05, 0) is 43.2 Å². The second kappa shape index (κ2) is 5.87. The Bertz CT molecular complexity index is 116. The lowest BCUT2D eigenvalue weighted by atomic mass is 9.78. The largest absolute Gasteiger partial charge is 0.330 e. The maximum Gasteiger partial charge on any atom is -0.00462 e. The van der Waals surface area contributed by atoms with Crippen molar-refractivity contribution < 1.29 is 0 Å². The zero-order chi connectivity index (χ0) is 8.81. The van der Waals surface area contributed by atoms with Gasteiger partial charge < -0.3 is 5.73 Å². The first-order valence-electron chi connectivity index (χ1n) is 5.07. The van der Waals surface area contributed by atoms with Crippen LogP contribution in [-0.4, -0.2) is 18.6 Å². The highest BCUT2D eigenvalue weighted by Crippen LogP contribution is 2.32. The lowest BCUT2D eigenvalue weighted by Gasteiger charge is -2.30. The molecule has 2 atom stereocenters. The molecule has 1 aliphatic rings. The summed E-state index contributed by atoms with van der Waals surface area (Å²) in [5, 5.41) is 0. The van der Waals surface area contributed by atoms with Crippen LogP contribution < -0.4 is 5.73 Å². The van der Waals surface area contributed by atoms with Crippen molar-refractivity contribution in [3.8, 4) is 0 Å². The van der Waals surface area contributed by atoms with E-state index in [9.17, 15) is 0 Å². The minimum absolute atomic E-state index is 0.839. The van der Waals surface area contributed by atoms with Gasteiger partial charge in [0.1, 0.15) is 0 Å². The van der Waals surface area contributed by atoms with Gasteiger partial charge in [0.2, 0.25) is 0 Å². The zero-order valence-electron chi connectivity index (χ0n) is 8.09. The highest BCUT2D eigenvalue weighted by molar-refractivity contribution is 7.98. The number of hydrogen-bond acceptors (Lipinski definition) is 2. The summed E-state index contributed by atoms with van der Waals surface area (Å²) < 4.78 is 0. The Morgan fingerprint density at radius 1 is 1.25 bits per heavy atom. The molecule has 0 radical (unpaired) electrons. The van der Waals surface area contributed by atoms with Crippen LogP contribution in [0.1, 0.15) is 32.1 Å². The number of nitrogens with two attached hydrogens (primary N) is 1. The Labute approximate surface area is 80.5 Å². The van der Waals surface area contributed by atoms with E-state index in [0.29, 0.717) is 0 Å². The van der Waals surface area contributed by atoms with Gasteiger partial charge in [-0.3, -0.25) is 0 Å². The Hall–Kier alpha value is 0.310. The molecule has 1 saturated carbocycles. The van der Waals surface area contributed by atoms with Gasteiger partial charge in [0, 0.05) is 0 Å². The van der Waals surface area contributed by atoms with E-state index >= 15 is 0 Å². The van der Waals surface area contributed by atoms with Gasteiger partial charge in [-0.25, -0.2) is 0 Å². The van der Waals surface area contributed by atoms with Crippen molar-refractivity contribution in [3.63, 3.8) is 0 Å². The molecule has 0 spiro atoms. The summed E-state index contributed by atoms with van der Waals surface area (Å²) in [6, 6.07) is 0. The third-order valence-corrected chi connectivity index (χ3v) is 3.71. The minimum Gasteiger partial charge on any atom is -0.330 e. The summed E-state index contributed by atoms with van der Waals surface area (Å²) in [4.78, 5) is 0. The van der Waals surface area contributed by atoms with Crippen molar-refractivity contribution >= 4 is 11.8 Å². The summed E-state index contributed by atoms with van der Waals surface area (Å²) in [6.45, 7) is 0.916. The van der Waals surface area contributed by atoms with Gasteiger partial charge >= 0.3 is 0 Å². The van der Waals surface area contributed by atoms with Crippen molar-refractivity contribution in [2.75, 3.05) is 18.6 Å². The molecule has 0 aliphatic heterocycles. The maximum atomic E-state index is 5.76. The molecule has 2 N–H and O–H groups in total. The Morgan fingerprint density at radius 3 is 2.50 bits per heavy atom. The van der Waals surface area contributed by atoms with E-state index in [0.717, 1.165) is 18.4 Å². The molecule has 72 valence electrons. The topological polar surface area (TPSA) is 26.0 Å². The van der Waals surface area contributed by atoms with Crippen LogP contribution in [0.5, 0.6) is 0 Å². The first kappa shape index (κ1) is 10.4. The van der Waals surface area contributed by atoms with Crippen molar-refractivity contribution in [1.29, 1.82) is 0 Å². The van der Waals surface area contributed by atoms with Crippen LogP contribution in [0.15, 0.2) is 0 Å². The lowest BCUT2D eigenvalue weighted by Crippen LogP contribution is -2.27. The van der Waals surface area contributed by atoms with E-state index in [1.807, 2.05) is 11.8 Å². The SMILES string of the molecule is CSCCC1CCCCC1CN. The molecule has 0 saturated heterocycles. The third-order valence-electron chi connectivity index (χ3n) is 3.06. The Morgan fingerprint density at radius 2 is 1.92 bits per heavy atom. The van der Waals surface area contributed by atoms with Gasteiger partial charge in [0.15, 0.2) is 0 Å². The van der Waals surface area contributed by atoms with E-state index in [-0.39, 0.29) is 0 Å². The van der Waals surface area contributed by atoms with Crippen LogP contribution in [0.25, 0.3) is 0 Å². The summed E-state index contributed by atoms with van der Waals surface area (Å²) in [5.41, 5.74) is 5.76. The van der Waals surface area contributed by atoms with Crippen LogP contribution in [0.2, 0.25) is 0 Å². The molecular formula is C10H21NS. The minimum atomic E-state index is 0.839. The van der Waals surface area contributed by atoms with Gasteiger partial charge in [-0.2, -0.15) is 11.8 Å². The standard InChI is InChI=1S/C10H21NS/c1-12-7-6-9-4-2-3-5-10(9)8-11/h9-10H,2-8,11H2,1H3. The molecule has 0 aromatic rings. The van der Waals surface area contributed by atoms with Crippen molar-refractivity contribution in [3.05, 3.63) is 0 Å². The monoisotopic (exact) mass is 187 g/mol. The predicted molar refractivity (Wildman–Crippen MR) is 57.5 cm³/mol. The molecule has 1 nitrogen and oxygen atoms in total. The molecule has 0 aromatic carbocycles. The number of rotatable bonds is 4. The lowest BCUT2D eigenvalue weighted by molar-refractivity contribution is 0.238. The molecule has 2 unspecified atom stereocenters. The average molecular weight is 187 g/mol. The van der Waals surface area contributed by atoms with E-state index in [1.54, 1.807) is 0 Å². The van der Waals surface area contributed by atoms with Crippen LogP contribution in [0.4, 0.5) is 0 Å². The molecule has 1 aliphatic carbocycles. The molecule has 0 bridgehead atoms. The highest BCUT2D eigenvalue weighted by atomic mass is 32.2. The average Bonchev–Trinajstić information content (AvgIpc) is 2.15. The predicted octanol–water partition coefficient (Wildman–Crippen LogP) is 2.50. The first-order chi connectivity index (χ1) is 5.88. The fraction of sp³-hybridized carbons (Fsp3) is 1.00. The number of hydrogen-bond donors (Lipinski definition) is 1. The summed E-state index contributed by atoms with van der Waals surface area (Å²) >= 11 is 1.97. The van der Waals surface area contributed by atoms with Crippen LogP contribution >= 0.6 is 11.8 Å². The Balaban J connectivity index is 2.26. The fourth-order valence-electron chi connectivity index (χ4n) is 2.24. The second-order valence-electron chi connectivity index (χ2n) is 3.82. The van der Waals surface area contributed by atoms with E-state index < -0.39 is 0 Å². The van der Waals surface area contributed by atoms with Crippen molar-refractivity contribution in [2.24, 2.45) is 17.6 Å². The third kappa shape index (κ3) is 2.98. The van der Waals surface area contributed by atoms with Crippen LogP contribution in [0.3, 0.4) is 0 Å². The number of thioether (sulfide) groups is 1. The molecule has 0 aromatic heterocycles. The molecule has 0 heterocycles. The van der Waals surface area contributed by atoms with Crippen molar-refractivity contribution in [1.82, 2.24) is 0 Å². The van der Waals surface area contributed by atoms with Gasteiger partial charge in [-0.15, -0.1) is 0 Å². The van der Waals surface area contributed by atoms with E-state index in [1.165, 1.54) is 37.9 Å². The second-order valence-corrected chi connectivity index (χ2v) is 4.81. The zero-order valence-corrected chi connectivity index (χ0v) is 8.91. The molecular weight excluding hydrogens is 166 g/mol. The van der Waals surface area contributed by atoms with Gasteiger partial charge in [0.05, 0.1) is 0 Å². The van der Waals surface area contributed by atoms with Crippen LogP contribution in [0, 0.1) is 11.8 Å². The molecule has 1 fully saturated rings. The van der Waals surface area contributed by atoms with E-state index in [2.05, 4.69) is 6.26 Å². The fourth-order valence-corrected chi connectivity index (χ4v) is 2.78. The normalized spacial score (nSPS) is 30.5. The summed E-state index contributed by atoms with van der Waals surface area (Å²) in [6.07, 6.45) is 9.26.